The molecule has 4 saturated carbocycles. The molecule has 6 nitrogen and oxygen atoms in total. The van der Waals surface area contributed by atoms with Gasteiger partial charge in [-0.15, -0.1) is 0 Å². The molecule has 4 heterocycles. The summed E-state index contributed by atoms with van der Waals surface area (Å²) in [4.78, 5) is 15.3. The molecule has 0 saturated heterocycles. The summed E-state index contributed by atoms with van der Waals surface area (Å²) in [5, 5.41) is 7.89. The van der Waals surface area contributed by atoms with Crippen LogP contribution < -0.4 is 0 Å². The molecule has 0 radical (unpaired) electrons. The number of nitrogens with zero attached hydrogens (tertiary/aromatic N) is 6. The molecule has 87 heavy (non-hydrogen) atoms. The van der Waals surface area contributed by atoms with Gasteiger partial charge in [0.05, 0.1) is 33.1 Å². The van der Waals surface area contributed by atoms with Gasteiger partial charge in [0.2, 0.25) is 0 Å². The summed E-state index contributed by atoms with van der Waals surface area (Å²) in [6.07, 6.45) is 26.2. The maximum atomic E-state index is 5.14. The van der Waals surface area contributed by atoms with Gasteiger partial charge in [-0.3, -0.25) is 0 Å². The van der Waals surface area contributed by atoms with Crippen LogP contribution in [0.4, 0.5) is 0 Å². The van der Waals surface area contributed by atoms with E-state index in [2.05, 4.69) is 171 Å². The van der Waals surface area contributed by atoms with Gasteiger partial charge in [-0.1, -0.05) is 186 Å². The highest BCUT2D eigenvalue weighted by atomic mass is 15.0. The van der Waals surface area contributed by atoms with Gasteiger partial charge in [0.25, 0.3) is 0 Å². The van der Waals surface area contributed by atoms with Crippen molar-refractivity contribution in [3.8, 4) is 51.2 Å². The quantitative estimate of drug-likeness (QED) is 0.137. The molecule has 4 aromatic heterocycles. The minimum absolute atomic E-state index is 0.609. The lowest BCUT2D eigenvalue weighted by Gasteiger charge is -2.22. The third-order valence-electron chi connectivity index (χ3n) is 21.3. The van der Waals surface area contributed by atoms with Crippen LogP contribution in [-0.4, -0.2) is 28.7 Å². The van der Waals surface area contributed by atoms with E-state index in [9.17, 15) is 0 Å². The predicted molar refractivity (Wildman–Crippen MR) is 362 cm³/mol. The van der Waals surface area contributed by atoms with E-state index in [1.54, 1.807) is 0 Å². The SMILES string of the molecule is c1ccc(-c2nc(-c3ccccc3)nc(-c3ccc(-n4c5ccc(-n6c7cc(C8CCCCC8)ccc7c7ccc(C8CCCCC8)cc76)cc5c5cc(-n6c7cc(C8CCCCC8)ccc7c7ccc(C8CCCCC8)cc76)ccc54)cc3)n2)cc1. The molecule has 4 fully saturated rings. The number of benzene rings is 9. The molecule has 0 unspecified atom stereocenters. The zero-order valence-corrected chi connectivity index (χ0v) is 50.1. The second-order valence-corrected chi connectivity index (χ2v) is 26.4. The van der Waals surface area contributed by atoms with Gasteiger partial charge in [0, 0.05) is 66.1 Å². The van der Waals surface area contributed by atoms with E-state index < -0.39 is 0 Å². The van der Waals surface area contributed by atoms with E-state index in [-0.39, 0.29) is 0 Å². The Morgan fingerprint density at radius 3 is 0.839 bits per heavy atom. The Labute approximate surface area is 511 Å². The Hall–Kier alpha value is -8.61. The molecule has 0 atom stereocenters. The molecule has 17 rings (SSSR count). The molecule has 430 valence electrons. The average Bonchev–Trinajstić information content (AvgIpc) is 1.92. The summed E-state index contributed by atoms with van der Waals surface area (Å²) >= 11 is 0. The molecular formula is C81H76N6. The Kier molecular flexibility index (Phi) is 13.5. The van der Waals surface area contributed by atoms with Crippen molar-refractivity contribution >= 4 is 65.4 Å². The first-order valence-corrected chi connectivity index (χ1v) is 33.3. The number of hydrogen-bond donors (Lipinski definition) is 0. The highest BCUT2D eigenvalue weighted by Crippen LogP contribution is 2.45. The Morgan fingerprint density at radius 2 is 0.517 bits per heavy atom. The van der Waals surface area contributed by atoms with Crippen LogP contribution in [0, 0.1) is 0 Å². The van der Waals surface area contributed by atoms with Crippen LogP contribution in [0.15, 0.2) is 194 Å². The molecule has 0 spiro atoms. The van der Waals surface area contributed by atoms with Gasteiger partial charge in [-0.2, -0.15) is 0 Å². The highest BCUT2D eigenvalue weighted by Gasteiger charge is 2.26. The molecule has 9 aromatic carbocycles. The molecule has 4 aliphatic rings. The fourth-order valence-electron chi connectivity index (χ4n) is 16.7. The summed E-state index contributed by atoms with van der Waals surface area (Å²) in [6.45, 7) is 0. The molecule has 4 aliphatic carbocycles. The van der Waals surface area contributed by atoms with Crippen molar-refractivity contribution in [1.29, 1.82) is 0 Å². The molecule has 13 aromatic rings. The average molecular weight is 1130 g/mol. The summed E-state index contributed by atoms with van der Waals surface area (Å²) in [6, 6.07) is 74.3. The smallest absolute Gasteiger partial charge is 0.164 e. The molecule has 0 bridgehead atoms. The Balaban J connectivity index is 0.882. The monoisotopic (exact) mass is 1130 g/mol. The maximum Gasteiger partial charge on any atom is 0.164 e. The summed E-state index contributed by atoms with van der Waals surface area (Å²) in [7, 11) is 0. The van der Waals surface area contributed by atoms with Crippen LogP contribution in [0.5, 0.6) is 0 Å². The Bertz CT molecular complexity index is 4290. The minimum Gasteiger partial charge on any atom is -0.309 e. The van der Waals surface area contributed by atoms with Gasteiger partial charge in [-0.25, -0.2) is 15.0 Å². The Morgan fingerprint density at radius 1 is 0.230 bits per heavy atom. The molecule has 6 heteroatoms. The number of fused-ring (bicyclic) bond motifs is 9. The molecule has 0 aliphatic heterocycles. The number of rotatable bonds is 10. The largest absolute Gasteiger partial charge is 0.309 e. The van der Waals surface area contributed by atoms with Crippen LogP contribution in [0.1, 0.15) is 174 Å². The van der Waals surface area contributed by atoms with Gasteiger partial charge in [-0.05, 0) is 182 Å². The lowest BCUT2D eigenvalue weighted by atomic mass is 9.83. The van der Waals surface area contributed by atoms with Crippen LogP contribution in [0.2, 0.25) is 0 Å². The van der Waals surface area contributed by atoms with Crippen molar-refractivity contribution in [3.05, 3.63) is 216 Å². The van der Waals surface area contributed by atoms with Gasteiger partial charge < -0.3 is 13.7 Å². The van der Waals surface area contributed by atoms with Crippen LogP contribution in [-0.2, 0) is 0 Å². The zero-order valence-electron chi connectivity index (χ0n) is 50.1. The summed E-state index contributed by atoms with van der Waals surface area (Å²) in [5.74, 6) is 4.41. The molecule has 0 N–H and O–H groups in total. The van der Waals surface area contributed by atoms with Gasteiger partial charge >= 0.3 is 0 Å². The minimum atomic E-state index is 0.609. The van der Waals surface area contributed by atoms with Crippen molar-refractivity contribution in [3.63, 3.8) is 0 Å². The van der Waals surface area contributed by atoms with E-state index in [0.717, 1.165) is 22.4 Å². The van der Waals surface area contributed by atoms with Gasteiger partial charge in [0.1, 0.15) is 0 Å². The van der Waals surface area contributed by atoms with Crippen molar-refractivity contribution in [1.82, 2.24) is 28.7 Å². The molecule has 0 amide bonds. The topological polar surface area (TPSA) is 53.5 Å². The summed E-state index contributed by atoms with van der Waals surface area (Å²) < 4.78 is 7.81. The van der Waals surface area contributed by atoms with E-state index in [0.29, 0.717) is 41.1 Å². The summed E-state index contributed by atoms with van der Waals surface area (Å²) in [5.41, 5.74) is 20.1. The molecular weight excluding hydrogens is 1060 g/mol. The number of aromatic nitrogens is 6. The van der Waals surface area contributed by atoms with E-state index in [1.807, 2.05) is 36.4 Å². The first-order chi connectivity index (χ1) is 43.1. The van der Waals surface area contributed by atoms with Gasteiger partial charge in [0.15, 0.2) is 17.5 Å². The lowest BCUT2D eigenvalue weighted by molar-refractivity contribution is 0.444. The standard InChI is InChI=1S/C81H76N6/c1-7-19-53(20-8-1)60-33-41-67-68-42-34-61(54-21-9-2-10-22-54)48-76(68)86(75(67)47-60)65-39-45-73-71(51-65)72-52-66(87-77-49-62(55-23-11-3-12-24-55)35-43-69(77)70-44-36-63(50-78(70)87)56-25-13-4-14-26-56)40-46-74(72)85(73)64-37-31-59(32-38-64)81-83-79(57-27-15-5-16-28-57)82-80(84-81)58-29-17-6-18-30-58/h5-6,15-18,27-56H,1-4,7-14,19-26H2. The zero-order chi connectivity index (χ0) is 57.4. The first-order valence-electron chi connectivity index (χ1n) is 33.3. The second-order valence-electron chi connectivity index (χ2n) is 26.4. The fourth-order valence-corrected chi connectivity index (χ4v) is 16.7. The van der Waals surface area contributed by atoms with Crippen LogP contribution >= 0.6 is 0 Å². The van der Waals surface area contributed by atoms with Crippen molar-refractivity contribution in [2.45, 2.75) is 152 Å². The first kappa shape index (κ1) is 52.7. The van der Waals surface area contributed by atoms with Crippen LogP contribution in [0.25, 0.3) is 117 Å². The number of hydrogen-bond acceptors (Lipinski definition) is 3. The van der Waals surface area contributed by atoms with E-state index >= 15 is 0 Å². The third kappa shape index (κ3) is 9.48. The van der Waals surface area contributed by atoms with Crippen LogP contribution in [0.3, 0.4) is 0 Å². The normalized spacial score (nSPS) is 17.0. The fraction of sp³-hybridized carbons (Fsp3) is 0.296. The van der Waals surface area contributed by atoms with Crippen molar-refractivity contribution < 1.29 is 0 Å². The third-order valence-corrected chi connectivity index (χ3v) is 21.3. The van der Waals surface area contributed by atoms with E-state index in [4.69, 9.17) is 15.0 Å². The van der Waals surface area contributed by atoms with Crippen molar-refractivity contribution in [2.75, 3.05) is 0 Å². The predicted octanol–water partition coefficient (Wildman–Crippen LogP) is 22.4. The van der Waals surface area contributed by atoms with Crippen molar-refractivity contribution in [2.24, 2.45) is 0 Å². The maximum absolute atomic E-state index is 5.14. The lowest BCUT2D eigenvalue weighted by Crippen LogP contribution is -2.05. The van der Waals surface area contributed by atoms with E-state index in [1.165, 1.54) is 227 Å². The second kappa shape index (κ2) is 22.3. The highest BCUT2D eigenvalue weighted by molar-refractivity contribution is 6.14.